The molecule has 6 nitrogen and oxygen atoms in total. The van der Waals surface area contributed by atoms with Crippen LogP contribution in [-0.2, 0) is 11.3 Å². The van der Waals surface area contributed by atoms with Gasteiger partial charge in [0.1, 0.15) is 5.69 Å². The maximum absolute atomic E-state index is 12.2. The number of fused-ring (bicyclic) bond motifs is 3. The summed E-state index contributed by atoms with van der Waals surface area (Å²) in [6.07, 6.45) is -1.24. The molecule has 1 atom stereocenters. The van der Waals surface area contributed by atoms with Gasteiger partial charge in [0.25, 0.3) is 0 Å². The van der Waals surface area contributed by atoms with Crippen LogP contribution in [0.5, 0.6) is 0 Å². The normalized spacial score (nSPS) is 21.5. The Morgan fingerprint density at radius 2 is 1.95 bits per heavy atom. The fourth-order valence-corrected chi connectivity index (χ4v) is 2.94. The standard InChI is InChI=1S/C16H16N2O4/c19-14-10-3-1-2-4-11(10)16-13(15(14)20)17-12(22-16)9-18-5-7-21-8-6-18/h1-4,15,20H,5-9H2. The molecule has 1 saturated heterocycles. The number of benzene rings is 1. The van der Waals surface area contributed by atoms with Gasteiger partial charge in [0.05, 0.1) is 19.8 Å². The monoisotopic (exact) mass is 300 g/mol. The van der Waals surface area contributed by atoms with Gasteiger partial charge < -0.3 is 14.3 Å². The molecule has 2 aromatic rings. The molecular formula is C16H16N2O4. The van der Waals surface area contributed by atoms with E-state index in [0.29, 0.717) is 48.2 Å². The molecule has 0 radical (unpaired) electrons. The molecule has 2 aliphatic rings. The minimum Gasteiger partial charge on any atom is -0.439 e. The topological polar surface area (TPSA) is 75.8 Å². The van der Waals surface area contributed by atoms with Gasteiger partial charge in [0, 0.05) is 24.2 Å². The van der Waals surface area contributed by atoms with Crippen molar-refractivity contribution in [1.82, 2.24) is 9.88 Å². The summed E-state index contributed by atoms with van der Waals surface area (Å²) in [6, 6.07) is 7.15. The van der Waals surface area contributed by atoms with Gasteiger partial charge in [-0.25, -0.2) is 4.98 Å². The largest absolute Gasteiger partial charge is 0.439 e. The van der Waals surface area contributed by atoms with Gasteiger partial charge in [-0.1, -0.05) is 24.3 Å². The lowest BCUT2D eigenvalue weighted by molar-refractivity contribution is 0.0306. The molecule has 0 bridgehead atoms. The van der Waals surface area contributed by atoms with Gasteiger partial charge in [-0.05, 0) is 0 Å². The zero-order valence-corrected chi connectivity index (χ0v) is 12.0. The summed E-state index contributed by atoms with van der Waals surface area (Å²) in [5.74, 6) is 0.704. The van der Waals surface area contributed by atoms with E-state index < -0.39 is 6.10 Å². The fraction of sp³-hybridized carbons (Fsp3) is 0.375. The number of hydrogen-bond acceptors (Lipinski definition) is 6. The van der Waals surface area contributed by atoms with Crippen molar-refractivity contribution >= 4 is 5.78 Å². The minimum absolute atomic E-state index is 0.325. The third-order valence-corrected chi connectivity index (χ3v) is 4.10. The van der Waals surface area contributed by atoms with E-state index in [1.165, 1.54) is 0 Å². The molecule has 1 fully saturated rings. The Kier molecular flexibility index (Phi) is 3.29. The molecule has 2 heterocycles. The number of oxazole rings is 1. The van der Waals surface area contributed by atoms with Crippen molar-refractivity contribution in [1.29, 1.82) is 0 Å². The van der Waals surface area contributed by atoms with Gasteiger partial charge in [-0.2, -0.15) is 0 Å². The first-order chi connectivity index (χ1) is 10.7. The molecule has 1 aromatic carbocycles. The van der Waals surface area contributed by atoms with Gasteiger partial charge in [0.2, 0.25) is 5.89 Å². The molecule has 0 saturated carbocycles. The van der Waals surface area contributed by atoms with E-state index in [-0.39, 0.29) is 5.78 Å². The smallest absolute Gasteiger partial charge is 0.209 e. The van der Waals surface area contributed by atoms with Crippen molar-refractivity contribution in [3.8, 4) is 11.3 Å². The van der Waals surface area contributed by atoms with Crippen LogP contribution < -0.4 is 0 Å². The van der Waals surface area contributed by atoms with Crippen LogP contribution in [0.3, 0.4) is 0 Å². The van der Waals surface area contributed by atoms with E-state index in [2.05, 4.69) is 9.88 Å². The van der Waals surface area contributed by atoms with E-state index >= 15 is 0 Å². The van der Waals surface area contributed by atoms with Crippen LogP contribution in [0.4, 0.5) is 0 Å². The molecule has 4 rings (SSSR count). The van der Waals surface area contributed by atoms with E-state index in [0.717, 1.165) is 13.1 Å². The quantitative estimate of drug-likeness (QED) is 0.903. The number of rotatable bonds is 2. The summed E-state index contributed by atoms with van der Waals surface area (Å²) in [7, 11) is 0. The number of aliphatic hydroxyl groups is 1. The number of aliphatic hydroxyl groups excluding tert-OH is 1. The van der Waals surface area contributed by atoms with Crippen LogP contribution in [0, 0.1) is 0 Å². The molecule has 1 aromatic heterocycles. The number of Topliss-reactive ketones (excluding diaryl/α,β-unsaturated/α-hetero) is 1. The summed E-state index contributed by atoms with van der Waals surface area (Å²) in [6.45, 7) is 3.60. The highest BCUT2D eigenvalue weighted by molar-refractivity contribution is 6.08. The maximum atomic E-state index is 12.2. The number of hydrogen-bond donors (Lipinski definition) is 1. The van der Waals surface area contributed by atoms with Crippen LogP contribution in [0.15, 0.2) is 28.7 Å². The second kappa shape index (κ2) is 5.31. The van der Waals surface area contributed by atoms with Crippen molar-refractivity contribution in [2.75, 3.05) is 26.3 Å². The van der Waals surface area contributed by atoms with Gasteiger partial charge in [-0.3, -0.25) is 9.69 Å². The van der Waals surface area contributed by atoms with Crippen LogP contribution in [0.25, 0.3) is 11.3 Å². The average Bonchev–Trinajstić information content (AvgIpc) is 2.98. The molecule has 1 unspecified atom stereocenters. The second-order valence-electron chi connectivity index (χ2n) is 5.52. The Morgan fingerprint density at radius 3 is 2.73 bits per heavy atom. The molecule has 114 valence electrons. The molecule has 22 heavy (non-hydrogen) atoms. The molecule has 1 aliphatic heterocycles. The molecule has 6 heteroatoms. The number of carbonyl (C=O) groups excluding carboxylic acids is 1. The number of aromatic nitrogens is 1. The predicted octanol–water partition coefficient (Wildman–Crippen LogP) is 1.40. The predicted molar refractivity (Wildman–Crippen MR) is 77.3 cm³/mol. The van der Waals surface area contributed by atoms with Crippen LogP contribution in [0.1, 0.15) is 28.0 Å². The van der Waals surface area contributed by atoms with Gasteiger partial charge >= 0.3 is 0 Å². The fourth-order valence-electron chi connectivity index (χ4n) is 2.94. The number of nitrogens with zero attached hydrogens (tertiary/aromatic N) is 2. The zero-order chi connectivity index (χ0) is 15.1. The SMILES string of the molecule is O=C1c2ccccc2-c2oc(CN3CCOCC3)nc2C1O. The Morgan fingerprint density at radius 1 is 1.23 bits per heavy atom. The summed E-state index contributed by atoms with van der Waals surface area (Å²) in [4.78, 5) is 18.8. The van der Waals surface area contributed by atoms with E-state index in [1.807, 2.05) is 12.1 Å². The van der Waals surface area contributed by atoms with Crippen LogP contribution in [-0.4, -0.2) is 47.1 Å². The number of ketones is 1. The van der Waals surface area contributed by atoms with Crippen molar-refractivity contribution in [3.63, 3.8) is 0 Å². The summed E-state index contributed by atoms with van der Waals surface area (Å²) in [5, 5.41) is 10.2. The van der Waals surface area contributed by atoms with Crippen molar-refractivity contribution < 1.29 is 19.1 Å². The van der Waals surface area contributed by atoms with E-state index in [4.69, 9.17) is 9.15 Å². The Balaban J connectivity index is 1.70. The molecule has 1 N–H and O–H groups in total. The van der Waals surface area contributed by atoms with E-state index in [9.17, 15) is 9.90 Å². The number of carbonyl (C=O) groups is 1. The lowest BCUT2D eigenvalue weighted by Gasteiger charge is -2.24. The first-order valence-electron chi connectivity index (χ1n) is 7.35. The van der Waals surface area contributed by atoms with Gasteiger partial charge in [-0.15, -0.1) is 0 Å². The third kappa shape index (κ3) is 2.16. The van der Waals surface area contributed by atoms with Crippen molar-refractivity contribution in [2.45, 2.75) is 12.6 Å². The average molecular weight is 300 g/mol. The second-order valence-corrected chi connectivity index (χ2v) is 5.52. The molecular weight excluding hydrogens is 284 g/mol. The van der Waals surface area contributed by atoms with E-state index in [1.54, 1.807) is 12.1 Å². The highest BCUT2D eigenvalue weighted by Crippen LogP contribution is 2.38. The first kappa shape index (κ1) is 13.6. The highest BCUT2D eigenvalue weighted by Gasteiger charge is 2.35. The van der Waals surface area contributed by atoms with Crippen LogP contribution >= 0.6 is 0 Å². The lowest BCUT2D eigenvalue weighted by Crippen LogP contribution is -2.35. The van der Waals surface area contributed by atoms with Crippen molar-refractivity contribution in [3.05, 3.63) is 41.4 Å². The maximum Gasteiger partial charge on any atom is 0.209 e. The third-order valence-electron chi connectivity index (χ3n) is 4.10. The molecule has 0 spiro atoms. The minimum atomic E-state index is -1.24. The summed E-state index contributed by atoms with van der Waals surface area (Å²) < 4.78 is 11.2. The zero-order valence-electron chi connectivity index (χ0n) is 12.0. The summed E-state index contributed by atoms with van der Waals surface area (Å²) in [5.41, 5.74) is 1.51. The lowest BCUT2D eigenvalue weighted by atomic mass is 9.90. The Bertz CT molecular complexity index is 719. The molecule has 1 aliphatic carbocycles. The first-order valence-corrected chi connectivity index (χ1v) is 7.35. The Labute approximate surface area is 127 Å². The van der Waals surface area contributed by atoms with Gasteiger partial charge in [0.15, 0.2) is 17.6 Å². The number of ether oxygens (including phenoxy) is 1. The molecule has 0 amide bonds. The summed E-state index contributed by atoms with van der Waals surface area (Å²) >= 11 is 0. The van der Waals surface area contributed by atoms with Crippen LogP contribution in [0.2, 0.25) is 0 Å². The van der Waals surface area contributed by atoms with Crippen molar-refractivity contribution in [2.24, 2.45) is 0 Å². The Hall–Kier alpha value is -2.02. The highest BCUT2D eigenvalue weighted by atomic mass is 16.5. The number of morpholine rings is 1.